The molecule has 7 heteroatoms. The zero-order valence-corrected chi connectivity index (χ0v) is 19.1. The standard InChI is InChI=1S/C24H43NO6/c1-2-3-4-5-6-7-8-9-10-11-12-13-14-15-16-17-18-25-23(29)21(28)22-19(26)20(27)24(30)31-22/h17-22,26-28H,2-16H2,1H3,(H,25,29)/t19-,20+,21?,22+/m1/s1. The smallest absolute Gasteiger partial charge is 0.338 e. The molecule has 0 bridgehead atoms. The zero-order chi connectivity index (χ0) is 22.9. The topological polar surface area (TPSA) is 116 Å². The highest BCUT2D eigenvalue weighted by Gasteiger charge is 2.48. The van der Waals surface area contributed by atoms with E-state index >= 15 is 0 Å². The fraction of sp³-hybridized carbons (Fsp3) is 0.833. The Labute approximate surface area is 187 Å². The third kappa shape index (κ3) is 11.7. The number of esters is 1. The molecule has 1 amide bonds. The summed E-state index contributed by atoms with van der Waals surface area (Å²) in [6, 6.07) is 0. The van der Waals surface area contributed by atoms with Crippen molar-refractivity contribution in [1.82, 2.24) is 5.32 Å². The summed E-state index contributed by atoms with van der Waals surface area (Å²) in [6.45, 7) is 2.25. The monoisotopic (exact) mass is 441 g/mol. The van der Waals surface area contributed by atoms with Crippen molar-refractivity contribution in [1.29, 1.82) is 0 Å². The Morgan fingerprint density at radius 3 is 1.87 bits per heavy atom. The molecule has 0 aromatic rings. The van der Waals surface area contributed by atoms with Crippen molar-refractivity contribution in [3.8, 4) is 0 Å². The molecular weight excluding hydrogens is 398 g/mol. The van der Waals surface area contributed by atoms with E-state index in [1.807, 2.05) is 6.08 Å². The largest absolute Gasteiger partial charge is 0.454 e. The van der Waals surface area contributed by atoms with Crippen LogP contribution in [-0.4, -0.2) is 51.6 Å². The highest BCUT2D eigenvalue weighted by molar-refractivity contribution is 5.84. The van der Waals surface area contributed by atoms with Gasteiger partial charge in [0.2, 0.25) is 0 Å². The summed E-state index contributed by atoms with van der Waals surface area (Å²) in [5.74, 6) is -1.83. The molecule has 1 fully saturated rings. The third-order valence-electron chi connectivity index (χ3n) is 5.80. The second-order valence-electron chi connectivity index (χ2n) is 8.58. The average molecular weight is 442 g/mol. The Morgan fingerprint density at radius 2 is 1.42 bits per heavy atom. The molecule has 0 spiro atoms. The summed E-state index contributed by atoms with van der Waals surface area (Å²) in [5.41, 5.74) is 0. The molecular formula is C24H43NO6. The van der Waals surface area contributed by atoms with Gasteiger partial charge in [0.25, 0.3) is 5.91 Å². The van der Waals surface area contributed by atoms with Gasteiger partial charge >= 0.3 is 5.97 Å². The number of allylic oxidation sites excluding steroid dienone is 1. The Balaban J connectivity index is 1.92. The lowest BCUT2D eigenvalue weighted by Crippen LogP contribution is -2.46. The van der Waals surface area contributed by atoms with Gasteiger partial charge in [-0.1, -0.05) is 96.5 Å². The number of carbonyl (C=O) groups is 2. The summed E-state index contributed by atoms with van der Waals surface area (Å²) in [7, 11) is 0. The summed E-state index contributed by atoms with van der Waals surface area (Å²) >= 11 is 0. The van der Waals surface area contributed by atoms with E-state index in [0.717, 1.165) is 19.3 Å². The Hall–Kier alpha value is -1.44. The highest BCUT2D eigenvalue weighted by Crippen LogP contribution is 2.19. The van der Waals surface area contributed by atoms with E-state index in [4.69, 9.17) is 0 Å². The van der Waals surface area contributed by atoms with Crippen molar-refractivity contribution in [2.75, 3.05) is 0 Å². The van der Waals surface area contributed by atoms with E-state index in [-0.39, 0.29) is 0 Å². The van der Waals surface area contributed by atoms with Crippen molar-refractivity contribution < 1.29 is 29.6 Å². The fourth-order valence-electron chi connectivity index (χ4n) is 3.76. The number of ether oxygens (including phenoxy) is 1. The second kappa shape index (κ2) is 17.2. The maximum Gasteiger partial charge on any atom is 0.338 e. The van der Waals surface area contributed by atoms with Gasteiger partial charge in [-0.15, -0.1) is 0 Å². The predicted octanol–water partition coefficient (Wildman–Crippen LogP) is 3.50. The van der Waals surface area contributed by atoms with Gasteiger partial charge in [0.1, 0.15) is 6.10 Å². The van der Waals surface area contributed by atoms with E-state index in [9.17, 15) is 24.9 Å². The van der Waals surface area contributed by atoms with Crippen LogP contribution in [0.15, 0.2) is 12.3 Å². The number of carbonyl (C=O) groups excluding carboxylic acids is 2. The average Bonchev–Trinajstić information content (AvgIpc) is 3.02. The SMILES string of the molecule is CCCCCCCCCCCCCCCCC=CNC(=O)C(O)[C@H]1OC(=O)[C@@H](O)[C@H]1O. The Bertz CT molecular complexity index is 524. The van der Waals surface area contributed by atoms with Crippen LogP contribution in [0.3, 0.4) is 0 Å². The molecule has 1 saturated heterocycles. The molecule has 1 aliphatic heterocycles. The van der Waals surface area contributed by atoms with Crippen molar-refractivity contribution in [3.05, 3.63) is 12.3 Å². The number of unbranched alkanes of at least 4 members (excludes halogenated alkanes) is 14. The van der Waals surface area contributed by atoms with Crippen molar-refractivity contribution >= 4 is 11.9 Å². The number of rotatable bonds is 18. The van der Waals surface area contributed by atoms with Crippen LogP contribution >= 0.6 is 0 Å². The molecule has 0 aromatic heterocycles. The van der Waals surface area contributed by atoms with Gasteiger partial charge in [-0.05, 0) is 19.0 Å². The maximum absolute atomic E-state index is 11.9. The fourth-order valence-corrected chi connectivity index (χ4v) is 3.76. The van der Waals surface area contributed by atoms with Crippen molar-refractivity contribution in [3.63, 3.8) is 0 Å². The number of amides is 1. The normalized spacial score (nSPS) is 22.1. The minimum absolute atomic E-state index is 0.789. The maximum atomic E-state index is 11.9. The van der Waals surface area contributed by atoms with E-state index in [2.05, 4.69) is 17.0 Å². The van der Waals surface area contributed by atoms with Gasteiger partial charge in [-0.25, -0.2) is 4.79 Å². The molecule has 0 aliphatic carbocycles. The first-order chi connectivity index (χ1) is 15.0. The zero-order valence-electron chi connectivity index (χ0n) is 19.1. The van der Waals surface area contributed by atoms with Gasteiger partial charge < -0.3 is 25.4 Å². The molecule has 7 nitrogen and oxygen atoms in total. The van der Waals surface area contributed by atoms with Crippen LogP contribution in [0.2, 0.25) is 0 Å². The number of aliphatic hydroxyl groups excluding tert-OH is 3. The van der Waals surface area contributed by atoms with Crippen LogP contribution in [0, 0.1) is 0 Å². The minimum Gasteiger partial charge on any atom is -0.454 e. The molecule has 4 N–H and O–H groups in total. The lowest BCUT2D eigenvalue weighted by molar-refractivity contribution is -0.153. The van der Waals surface area contributed by atoms with E-state index < -0.39 is 36.3 Å². The summed E-state index contributed by atoms with van der Waals surface area (Å²) in [4.78, 5) is 23.0. The van der Waals surface area contributed by atoms with Crippen LogP contribution in [0.25, 0.3) is 0 Å². The molecule has 0 radical (unpaired) electrons. The van der Waals surface area contributed by atoms with Crippen molar-refractivity contribution in [2.45, 2.75) is 128 Å². The Kier molecular flexibility index (Phi) is 15.3. The molecule has 180 valence electrons. The first kappa shape index (κ1) is 27.6. The summed E-state index contributed by atoms with van der Waals surface area (Å²) in [5, 5.41) is 31.2. The van der Waals surface area contributed by atoms with Crippen LogP contribution in [0.4, 0.5) is 0 Å². The number of hydrogen-bond acceptors (Lipinski definition) is 6. The van der Waals surface area contributed by atoms with E-state index in [1.165, 1.54) is 83.2 Å². The van der Waals surface area contributed by atoms with Gasteiger partial charge in [-0.2, -0.15) is 0 Å². The van der Waals surface area contributed by atoms with Crippen molar-refractivity contribution in [2.24, 2.45) is 0 Å². The molecule has 0 saturated carbocycles. The molecule has 4 atom stereocenters. The lowest BCUT2D eigenvalue weighted by Gasteiger charge is -2.18. The number of hydrogen-bond donors (Lipinski definition) is 4. The van der Waals surface area contributed by atoms with E-state index in [1.54, 1.807) is 0 Å². The number of cyclic esters (lactones) is 1. The van der Waals surface area contributed by atoms with Crippen LogP contribution in [-0.2, 0) is 14.3 Å². The molecule has 1 heterocycles. The number of aliphatic hydroxyl groups is 3. The molecule has 1 unspecified atom stereocenters. The van der Waals surface area contributed by atoms with Crippen LogP contribution < -0.4 is 5.32 Å². The summed E-state index contributed by atoms with van der Waals surface area (Å²) < 4.78 is 4.63. The van der Waals surface area contributed by atoms with Crippen LogP contribution in [0.1, 0.15) is 103 Å². The predicted molar refractivity (Wildman–Crippen MR) is 120 cm³/mol. The van der Waals surface area contributed by atoms with E-state index in [0.29, 0.717) is 0 Å². The van der Waals surface area contributed by atoms with Gasteiger partial charge in [0, 0.05) is 0 Å². The third-order valence-corrected chi connectivity index (χ3v) is 5.80. The Morgan fingerprint density at radius 1 is 0.935 bits per heavy atom. The minimum atomic E-state index is -1.73. The quantitative estimate of drug-likeness (QED) is 0.191. The first-order valence-corrected chi connectivity index (χ1v) is 12.2. The molecule has 1 rings (SSSR count). The first-order valence-electron chi connectivity index (χ1n) is 12.2. The van der Waals surface area contributed by atoms with Crippen LogP contribution in [0.5, 0.6) is 0 Å². The number of nitrogens with one attached hydrogen (secondary N) is 1. The van der Waals surface area contributed by atoms with Gasteiger partial charge in [0.05, 0.1) is 0 Å². The highest BCUT2D eigenvalue weighted by atomic mass is 16.6. The van der Waals surface area contributed by atoms with Gasteiger partial charge in [-0.3, -0.25) is 4.79 Å². The summed E-state index contributed by atoms with van der Waals surface area (Å²) in [6.07, 6.45) is 15.9. The second-order valence-corrected chi connectivity index (χ2v) is 8.58. The lowest BCUT2D eigenvalue weighted by atomic mass is 10.0. The molecule has 0 aromatic carbocycles. The molecule has 31 heavy (non-hydrogen) atoms. The van der Waals surface area contributed by atoms with Gasteiger partial charge in [0.15, 0.2) is 18.3 Å². The molecule has 1 aliphatic rings.